The fourth-order valence-electron chi connectivity index (χ4n) is 3.96. The van der Waals surface area contributed by atoms with Crippen molar-refractivity contribution < 1.29 is 23.9 Å². The van der Waals surface area contributed by atoms with Gasteiger partial charge in [0.15, 0.2) is 0 Å². The summed E-state index contributed by atoms with van der Waals surface area (Å²) in [6.45, 7) is 1.55. The Kier molecular flexibility index (Phi) is 7.30. The highest BCUT2D eigenvalue weighted by molar-refractivity contribution is 6.09. The molecule has 0 unspecified atom stereocenters. The van der Waals surface area contributed by atoms with Crippen LogP contribution in [-0.2, 0) is 0 Å². The molecule has 3 aromatic rings. The summed E-state index contributed by atoms with van der Waals surface area (Å²) in [5, 5.41) is 2.84. The Bertz CT molecular complexity index is 1200. The molecule has 8 nitrogen and oxygen atoms in total. The summed E-state index contributed by atoms with van der Waals surface area (Å²) in [5.41, 5.74) is 1.84. The Balaban J connectivity index is 1.43. The van der Waals surface area contributed by atoms with Gasteiger partial charge in [0, 0.05) is 43.4 Å². The fourth-order valence-corrected chi connectivity index (χ4v) is 3.96. The van der Waals surface area contributed by atoms with E-state index in [4.69, 9.17) is 9.47 Å². The average Bonchev–Trinajstić information content (AvgIpc) is 2.92. The van der Waals surface area contributed by atoms with Crippen LogP contribution in [0.5, 0.6) is 11.5 Å². The van der Waals surface area contributed by atoms with Gasteiger partial charge in [0.25, 0.3) is 17.7 Å². The highest BCUT2D eigenvalue weighted by Gasteiger charge is 2.27. The molecule has 180 valence electrons. The van der Waals surface area contributed by atoms with Crippen molar-refractivity contribution in [2.75, 3.05) is 45.7 Å². The van der Waals surface area contributed by atoms with Gasteiger partial charge in [-0.2, -0.15) is 0 Å². The molecule has 0 saturated carbocycles. The van der Waals surface area contributed by atoms with Crippen molar-refractivity contribution in [2.24, 2.45) is 0 Å². The van der Waals surface area contributed by atoms with Crippen LogP contribution in [0.15, 0.2) is 72.8 Å². The summed E-state index contributed by atoms with van der Waals surface area (Å²) in [4.78, 5) is 42.4. The Morgan fingerprint density at radius 2 is 1.23 bits per heavy atom. The summed E-state index contributed by atoms with van der Waals surface area (Å²) in [7, 11) is 3.07. The van der Waals surface area contributed by atoms with Crippen molar-refractivity contribution in [3.63, 3.8) is 0 Å². The maximum absolute atomic E-state index is 13.3. The quantitative estimate of drug-likeness (QED) is 0.592. The second-order valence-electron chi connectivity index (χ2n) is 8.05. The summed E-state index contributed by atoms with van der Waals surface area (Å²) in [6.07, 6.45) is 0. The van der Waals surface area contributed by atoms with E-state index < -0.39 is 0 Å². The van der Waals surface area contributed by atoms with E-state index in [-0.39, 0.29) is 17.7 Å². The molecule has 3 aromatic carbocycles. The van der Waals surface area contributed by atoms with Crippen molar-refractivity contribution in [2.45, 2.75) is 0 Å². The van der Waals surface area contributed by atoms with Crippen LogP contribution < -0.4 is 14.8 Å². The van der Waals surface area contributed by atoms with Crippen molar-refractivity contribution in [3.05, 3.63) is 89.5 Å². The van der Waals surface area contributed by atoms with Crippen LogP contribution in [0.4, 0.5) is 5.69 Å². The fraction of sp³-hybridized carbons (Fsp3) is 0.222. The van der Waals surface area contributed by atoms with Gasteiger partial charge in [-0.15, -0.1) is 0 Å². The Morgan fingerprint density at radius 3 is 1.83 bits per heavy atom. The molecule has 1 aliphatic rings. The van der Waals surface area contributed by atoms with Gasteiger partial charge in [-0.1, -0.05) is 30.3 Å². The van der Waals surface area contributed by atoms with Crippen molar-refractivity contribution >= 4 is 23.4 Å². The molecule has 0 bridgehead atoms. The van der Waals surface area contributed by atoms with Gasteiger partial charge in [0.05, 0.1) is 25.5 Å². The lowest BCUT2D eigenvalue weighted by Gasteiger charge is -2.35. The highest BCUT2D eigenvalue weighted by Crippen LogP contribution is 2.24. The summed E-state index contributed by atoms with van der Waals surface area (Å²) >= 11 is 0. The first kappa shape index (κ1) is 23.8. The molecule has 8 heteroatoms. The molecule has 0 radical (unpaired) electrons. The summed E-state index contributed by atoms with van der Waals surface area (Å²) < 4.78 is 10.5. The molecule has 1 N–H and O–H groups in total. The molecule has 1 aliphatic heterocycles. The maximum atomic E-state index is 13.3. The number of methoxy groups -OCH3 is 2. The SMILES string of the molecule is COc1cc(OC)cc(C(=O)N2CCN(C(=O)c3ccccc3NC(=O)c3ccccc3)CC2)c1. The van der Waals surface area contributed by atoms with Crippen molar-refractivity contribution in [1.82, 2.24) is 9.80 Å². The summed E-state index contributed by atoms with van der Waals surface area (Å²) in [5.74, 6) is 0.454. The molecule has 3 amide bonds. The third-order valence-corrected chi connectivity index (χ3v) is 5.89. The number of carbonyl (C=O) groups excluding carboxylic acids is 3. The van der Waals surface area contributed by atoms with E-state index in [9.17, 15) is 14.4 Å². The zero-order chi connectivity index (χ0) is 24.8. The lowest BCUT2D eigenvalue weighted by Crippen LogP contribution is -2.50. The lowest BCUT2D eigenvalue weighted by atomic mass is 10.1. The summed E-state index contributed by atoms with van der Waals surface area (Å²) in [6, 6.07) is 20.8. The molecule has 35 heavy (non-hydrogen) atoms. The number of ether oxygens (including phenoxy) is 2. The smallest absolute Gasteiger partial charge is 0.256 e. The second-order valence-corrected chi connectivity index (χ2v) is 8.05. The third-order valence-electron chi connectivity index (χ3n) is 5.89. The number of nitrogens with zero attached hydrogens (tertiary/aromatic N) is 2. The molecule has 1 heterocycles. The Labute approximate surface area is 204 Å². The van der Waals surface area contributed by atoms with Crippen LogP contribution in [0.25, 0.3) is 0 Å². The van der Waals surface area contributed by atoms with Crippen molar-refractivity contribution in [1.29, 1.82) is 0 Å². The number of carbonyl (C=O) groups is 3. The number of amides is 3. The lowest BCUT2D eigenvalue weighted by molar-refractivity contribution is 0.0535. The molecule has 4 rings (SSSR count). The standard InChI is InChI=1S/C27H27N3O5/c1-34-21-16-20(17-22(18-21)35-2)26(32)29-12-14-30(15-13-29)27(33)23-10-6-7-11-24(23)28-25(31)19-8-4-3-5-9-19/h3-11,16-18H,12-15H2,1-2H3,(H,28,31). The second kappa shape index (κ2) is 10.7. The first-order valence-corrected chi connectivity index (χ1v) is 11.3. The van der Waals surface area contributed by atoms with E-state index in [1.165, 1.54) is 14.2 Å². The Hall–Kier alpha value is -4.33. The number of benzene rings is 3. The van der Waals surface area contributed by atoms with Gasteiger partial charge >= 0.3 is 0 Å². The molecule has 1 saturated heterocycles. The third kappa shape index (κ3) is 5.43. The minimum absolute atomic E-state index is 0.148. The predicted molar refractivity (Wildman–Crippen MR) is 132 cm³/mol. The minimum atomic E-state index is -0.282. The topological polar surface area (TPSA) is 88.2 Å². The number of nitrogens with one attached hydrogen (secondary N) is 1. The molecule has 0 atom stereocenters. The molecule has 0 aliphatic carbocycles. The van der Waals surface area contributed by atoms with Crippen LogP contribution in [0.2, 0.25) is 0 Å². The van der Waals surface area contributed by atoms with Gasteiger partial charge in [-0.05, 0) is 36.4 Å². The number of hydrogen-bond donors (Lipinski definition) is 1. The number of rotatable bonds is 6. The van der Waals surface area contributed by atoms with Crippen LogP contribution >= 0.6 is 0 Å². The van der Waals surface area contributed by atoms with Gasteiger partial charge < -0.3 is 24.6 Å². The molecule has 0 spiro atoms. The zero-order valence-corrected chi connectivity index (χ0v) is 19.7. The number of anilines is 1. The maximum Gasteiger partial charge on any atom is 0.256 e. The normalized spacial score (nSPS) is 13.2. The van der Waals surface area contributed by atoms with Crippen LogP contribution in [-0.4, -0.2) is 67.9 Å². The molecule has 1 fully saturated rings. The van der Waals surface area contributed by atoms with E-state index in [0.717, 1.165) is 0 Å². The van der Waals surface area contributed by atoms with E-state index >= 15 is 0 Å². The van der Waals surface area contributed by atoms with E-state index in [1.54, 1.807) is 76.5 Å². The van der Waals surface area contributed by atoms with E-state index in [0.29, 0.717) is 60.1 Å². The van der Waals surface area contributed by atoms with Gasteiger partial charge in [0.1, 0.15) is 11.5 Å². The largest absolute Gasteiger partial charge is 0.497 e. The molecule has 0 aromatic heterocycles. The molecular weight excluding hydrogens is 446 g/mol. The molecular formula is C27H27N3O5. The average molecular weight is 474 g/mol. The first-order valence-electron chi connectivity index (χ1n) is 11.3. The number of piperazine rings is 1. The highest BCUT2D eigenvalue weighted by atomic mass is 16.5. The first-order chi connectivity index (χ1) is 17.0. The van der Waals surface area contributed by atoms with Crippen LogP contribution in [0.3, 0.4) is 0 Å². The Morgan fingerprint density at radius 1 is 0.686 bits per heavy atom. The minimum Gasteiger partial charge on any atom is -0.497 e. The zero-order valence-electron chi connectivity index (χ0n) is 19.7. The van der Waals surface area contributed by atoms with Gasteiger partial charge in [-0.3, -0.25) is 14.4 Å². The van der Waals surface area contributed by atoms with Crippen molar-refractivity contribution in [3.8, 4) is 11.5 Å². The van der Waals surface area contributed by atoms with Crippen LogP contribution in [0, 0.1) is 0 Å². The van der Waals surface area contributed by atoms with Crippen LogP contribution in [0.1, 0.15) is 31.1 Å². The van der Waals surface area contributed by atoms with E-state index in [1.807, 2.05) is 6.07 Å². The monoisotopic (exact) mass is 473 g/mol. The van der Waals surface area contributed by atoms with Gasteiger partial charge in [0.2, 0.25) is 0 Å². The van der Waals surface area contributed by atoms with E-state index in [2.05, 4.69) is 5.32 Å². The number of hydrogen-bond acceptors (Lipinski definition) is 5. The predicted octanol–water partition coefficient (Wildman–Crippen LogP) is 3.55. The number of para-hydroxylation sites is 1. The van der Waals surface area contributed by atoms with Gasteiger partial charge in [-0.25, -0.2) is 0 Å².